The van der Waals surface area contributed by atoms with Gasteiger partial charge in [-0.25, -0.2) is 0 Å². The number of rotatable bonds is 5. The van der Waals surface area contributed by atoms with Crippen LogP contribution in [0.2, 0.25) is 0 Å². The van der Waals surface area contributed by atoms with Gasteiger partial charge in [0.05, 0.1) is 5.58 Å². The Morgan fingerprint density at radius 1 is 0.735 bits per heavy atom. The van der Waals surface area contributed by atoms with Gasteiger partial charge in [0.1, 0.15) is 5.58 Å². The van der Waals surface area contributed by atoms with E-state index in [9.17, 15) is 0 Å². The molecule has 0 N–H and O–H groups in total. The van der Waals surface area contributed by atoms with Crippen molar-refractivity contribution in [2.75, 3.05) is 0 Å². The summed E-state index contributed by atoms with van der Waals surface area (Å²) in [5, 5.41) is 1.83. The maximum Gasteiger partial charge on any atom is 0.121 e. The Labute approximate surface area is 309 Å². The van der Waals surface area contributed by atoms with Crippen LogP contribution in [0.5, 0.6) is 0 Å². The molecule has 243 valence electrons. The summed E-state index contributed by atoms with van der Waals surface area (Å²) in [5.41, 5.74) is 7.28. The zero-order valence-corrected chi connectivity index (χ0v) is 29.3. The summed E-state index contributed by atoms with van der Waals surface area (Å²) in [4.78, 5) is 13.7. The van der Waals surface area contributed by atoms with Gasteiger partial charge < -0.3 is 19.4 Å². The molecule has 4 aromatic heterocycles. The van der Waals surface area contributed by atoms with Crippen LogP contribution in [0.15, 0.2) is 144 Å². The van der Waals surface area contributed by atoms with E-state index in [4.69, 9.17) is 17.6 Å². The molecule has 0 aliphatic heterocycles. The van der Waals surface area contributed by atoms with E-state index in [0.717, 1.165) is 44.4 Å². The summed E-state index contributed by atoms with van der Waals surface area (Å²) in [7, 11) is 0. The zero-order valence-electron chi connectivity index (χ0n) is 32.9. The second kappa shape index (κ2) is 14.5. The van der Waals surface area contributed by atoms with Crippen molar-refractivity contribution in [1.29, 1.82) is 0 Å². The minimum Gasteiger partial charge on any atom is -0.500 e. The van der Waals surface area contributed by atoms with Crippen molar-refractivity contribution in [2.45, 2.75) is 33.0 Å². The van der Waals surface area contributed by atoms with Gasteiger partial charge in [-0.05, 0) is 76.1 Å². The molecule has 4 nitrogen and oxygen atoms in total. The Morgan fingerprint density at radius 2 is 1.47 bits per heavy atom. The van der Waals surface area contributed by atoms with Crippen LogP contribution in [-0.4, -0.2) is 15.0 Å². The zero-order chi connectivity index (χ0) is 38.1. The van der Waals surface area contributed by atoms with Crippen molar-refractivity contribution in [3.05, 3.63) is 174 Å². The van der Waals surface area contributed by atoms with Gasteiger partial charge in [-0.15, -0.1) is 35.9 Å². The molecule has 0 spiro atoms. The van der Waals surface area contributed by atoms with Crippen molar-refractivity contribution < 1.29 is 32.7 Å². The van der Waals surface area contributed by atoms with E-state index in [2.05, 4.69) is 48.2 Å². The van der Waals surface area contributed by atoms with Crippen LogP contribution >= 0.6 is 0 Å². The maximum absolute atomic E-state index is 8.24. The number of pyridine rings is 3. The number of aryl methyl sites for hydroxylation is 2. The van der Waals surface area contributed by atoms with E-state index in [-0.39, 0.29) is 31.2 Å². The average molecular weight is 820 g/mol. The molecule has 0 aliphatic carbocycles. The number of benzene rings is 4. The summed E-state index contributed by atoms with van der Waals surface area (Å²) < 4.78 is 52.8. The van der Waals surface area contributed by atoms with Crippen LogP contribution in [0.25, 0.3) is 55.6 Å². The van der Waals surface area contributed by atoms with E-state index < -0.39 is 19.1 Å². The third kappa shape index (κ3) is 6.87. The molecule has 8 rings (SSSR count). The molecule has 0 fully saturated rings. The van der Waals surface area contributed by atoms with E-state index in [1.54, 1.807) is 30.5 Å². The first-order valence-corrected chi connectivity index (χ1v) is 15.6. The molecule has 5 heteroatoms. The molecule has 4 heterocycles. The summed E-state index contributed by atoms with van der Waals surface area (Å²) >= 11 is 0. The van der Waals surface area contributed by atoms with Gasteiger partial charge in [-0.1, -0.05) is 116 Å². The molecule has 0 unspecified atom stereocenters. The van der Waals surface area contributed by atoms with E-state index >= 15 is 0 Å². The molecule has 49 heavy (non-hydrogen) atoms. The first-order valence-electron chi connectivity index (χ1n) is 18.6. The number of aromatic nitrogens is 3. The number of furan rings is 1. The first kappa shape index (κ1) is 26.7. The van der Waals surface area contributed by atoms with Crippen molar-refractivity contribution in [3.63, 3.8) is 0 Å². The van der Waals surface area contributed by atoms with Gasteiger partial charge in [0.25, 0.3) is 0 Å². The minimum atomic E-state index is -2.33. The van der Waals surface area contributed by atoms with E-state index in [1.165, 1.54) is 6.20 Å². The number of hydrogen-bond donors (Lipinski definition) is 0. The topological polar surface area (TPSA) is 51.8 Å². The van der Waals surface area contributed by atoms with Gasteiger partial charge in [0.15, 0.2) is 0 Å². The molecule has 4 aromatic carbocycles. The summed E-state index contributed by atoms with van der Waals surface area (Å²) in [6, 6.07) is 42.9. The van der Waals surface area contributed by atoms with Crippen LogP contribution in [0.3, 0.4) is 0 Å². The average Bonchev–Trinajstić information content (AvgIpc) is 3.58. The largest absolute Gasteiger partial charge is 0.500 e. The van der Waals surface area contributed by atoms with Crippen LogP contribution in [0.4, 0.5) is 0 Å². The van der Waals surface area contributed by atoms with Gasteiger partial charge in [-0.3, -0.25) is 0 Å². The van der Waals surface area contributed by atoms with Gasteiger partial charge in [0.2, 0.25) is 0 Å². The predicted molar refractivity (Wildman–Crippen MR) is 196 cm³/mol. The van der Waals surface area contributed by atoms with Crippen molar-refractivity contribution in [2.24, 2.45) is 0 Å². The fourth-order valence-electron chi connectivity index (χ4n) is 5.84. The minimum absolute atomic E-state index is 0. The molecule has 1 radical (unpaired) electrons. The summed E-state index contributed by atoms with van der Waals surface area (Å²) in [5.74, 6) is 0. The molecule has 0 saturated carbocycles. The fourth-order valence-corrected chi connectivity index (χ4v) is 5.84. The summed E-state index contributed by atoms with van der Waals surface area (Å²) in [6.07, 6.45) is 6.19. The molecule has 0 saturated heterocycles. The van der Waals surface area contributed by atoms with Crippen molar-refractivity contribution >= 4 is 21.9 Å². The molecule has 0 amide bonds. The Bertz CT molecular complexity index is 2540. The molecular weight excluding hydrogens is 779 g/mol. The monoisotopic (exact) mass is 820 g/mol. The number of nitrogens with zero attached hydrogens (tertiary/aromatic N) is 3. The van der Waals surface area contributed by atoms with Gasteiger partial charge in [-0.2, -0.15) is 0 Å². The van der Waals surface area contributed by atoms with Gasteiger partial charge in [0, 0.05) is 51.7 Å². The molecule has 8 aromatic rings. The summed E-state index contributed by atoms with van der Waals surface area (Å²) in [6.45, 7) is -0.150. The second-order valence-electron chi connectivity index (χ2n) is 11.9. The van der Waals surface area contributed by atoms with Crippen LogP contribution in [0.1, 0.15) is 44.5 Å². The molecule has 0 aliphatic rings. The third-order valence-electron chi connectivity index (χ3n) is 8.42. The SMILES string of the molecule is [2H]C([2H])([2H])c1cc(-c2[c-]nc(C(C)(C)c3ccccc3)c3c2oc2ccccc23)ncc1-c1ccccc1.[2H]C([2H])([2H])c1ccc(-c2[c-]cccc2)nc1.[Ir]. The maximum atomic E-state index is 8.24. The molecule has 0 atom stereocenters. The standard InChI is InChI=1S/C32H25N2O.C12H10N.Ir/c1-21-18-27(33-19-25(21)22-12-6-4-7-13-22)26-20-34-31(32(2,3)23-14-8-5-9-15-23)29-24-16-10-11-17-28(24)35-30(26)29;1-10-7-8-12(13-9-10)11-5-3-2-4-6-11;/h4-19H,1-3H3;2-5,7-9H,1H3;/q2*-1;/i2*1D3;. The Kier molecular flexibility index (Phi) is 7.90. The van der Waals surface area contributed by atoms with Crippen LogP contribution in [-0.2, 0) is 25.5 Å². The van der Waals surface area contributed by atoms with Crippen LogP contribution < -0.4 is 0 Å². The number of fused-ring (bicyclic) bond motifs is 3. The van der Waals surface area contributed by atoms with Crippen molar-refractivity contribution in [1.82, 2.24) is 15.0 Å². The Morgan fingerprint density at radius 3 is 2.18 bits per heavy atom. The predicted octanol–water partition coefficient (Wildman–Crippen LogP) is 11.0. The first-order chi connectivity index (χ1) is 25.8. The third-order valence-corrected chi connectivity index (χ3v) is 8.42. The molecular formula is C44H35IrN3O-2. The van der Waals surface area contributed by atoms with Crippen LogP contribution in [0, 0.1) is 26.0 Å². The second-order valence-corrected chi connectivity index (χ2v) is 11.9. The van der Waals surface area contributed by atoms with Gasteiger partial charge >= 0.3 is 0 Å². The number of para-hydroxylation sites is 1. The normalized spacial score (nSPS) is 13.4. The fraction of sp³-hybridized carbons (Fsp3) is 0.114. The molecule has 0 bridgehead atoms. The van der Waals surface area contributed by atoms with E-state index in [1.807, 2.05) is 91.0 Å². The Hall–Kier alpha value is -5.22. The van der Waals surface area contributed by atoms with Crippen molar-refractivity contribution in [3.8, 4) is 33.6 Å². The quantitative estimate of drug-likeness (QED) is 0.162. The number of hydrogen-bond acceptors (Lipinski definition) is 4. The smallest absolute Gasteiger partial charge is 0.121 e. The van der Waals surface area contributed by atoms with E-state index in [0.29, 0.717) is 22.4 Å². The Balaban J connectivity index is 0.000000254.